The van der Waals surface area contributed by atoms with Crippen LogP contribution in [0, 0.1) is 6.92 Å². The summed E-state index contributed by atoms with van der Waals surface area (Å²) in [7, 11) is 0. The fourth-order valence-corrected chi connectivity index (χ4v) is 3.44. The van der Waals surface area contributed by atoms with Gasteiger partial charge in [-0.05, 0) is 31.2 Å². The molecule has 0 atom stereocenters. The number of anilines is 1. The number of nitrogens with zero attached hydrogens (tertiary/aromatic N) is 4. The number of aryl methyl sites for hydroxylation is 1. The fourth-order valence-electron chi connectivity index (χ4n) is 2.81. The van der Waals surface area contributed by atoms with Crippen molar-refractivity contribution in [3.8, 4) is 16.9 Å². The van der Waals surface area contributed by atoms with Crippen molar-refractivity contribution in [2.24, 2.45) is 0 Å². The number of carbonyl (C=O) groups excluding carboxylic acids is 1. The first-order valence-electron chi connectivity index (χ1n) is 8.74. The number of hydrogen-bond acceptors (Lipinski definition) is 5. The first-order chi connectivity index (χ1) is 14.3. The van der Waals surface area contributed by atoms with E-state index in [4.69, 9.17) is 0 Å². The Morgan fingerprint density at radius 2 is 1.83 bits per heavy atom. The van der Waals surface area contributed by atoms with E-state index < -0.39 is 17.6 Å². The van der Waals surface area contributed by atoms with Crippen LogP contribution in [-0.4, -0.2) is 25.9 Å². The van der Waals surface area contributed by atoms with Gasteiger partial charge in [0.25, 0.3) is 5.91 Å². The second-order valence-electron chi connectivity index (χ2n) is 6.35. The summed E-state index contributed by atoms with van der Waals surface area (Å²) in [6.07, 6.45) is -3.39. The van der Waals surface area contributed by atoms with Crippen LogP contribution in [0.4, 0.5) is 18.9 Å². The lowest BCUT2D eigenvalue weighted by Gasteiger charge is -2.11. The van der Waals surface area contributed by atoms with Gasteiger partial charge in [0, 0.05) is 16.6 Å². The molecule has 0 fully saturated rings. The van der Waals surface area contributed by atoms with Gasteiger partial charge in [0.15, 0.2) is 5.69 Å². The highest BCUT2D eigenvalue weighted by atomic mass is 32.1. The molecule has 0 unspecified atom stereocenters. The van der Waals surface area contributed by atoms with Crippen LogP contribution in [0.3, 0.4) is 0 Å². The zero-order valence-corrected chi connectivity index (χ0v) is 16.3. The predicted octanol–water partition coefficient (Wildman–Crippen LogP) is 4.97. The van der Waals surface area contributed by atoms with E-state index in [0.29, 0.717) is 5.69 Å². The molecule has 4 rings (SSSR count). The lowest BCUT2D eigenvalue weighted by atomic mass is 10.1. The van der Waals surface area contributed by atoms with E-state index in [-0.39, 0.29) is 11.4 Å². The minimum absolute atomic E-state index is 0.105. The second kappa shape index (κ2) is 7.71. The summed E-state index contributed by atoms with van der Waals surface area (Å²) in [5, 5.41) is 12.9. The number of para-hydroxylation sites is 1. The van der Waals surface area contributed by atoms with E-state index in [1.807, 2.05) is 24.4 Å². The number of rotatable bonds is 4. The molecule has 152 valence electrons. The van der Waals surface area contributed by atoms with Gasteiger partial charge in [0.2, 0.25) is 0 Å². The average molecular weight is 429 g/mol. The molecule has 2 aromatic carbocycles. The van der Waals surface area contributed by atoms with E-state index in [1.165, 1.54) is 18.2 Å². The molecule has 4 aromatic rings. The summed E-state index contributed by atoms with van der Waals surface area (Å²) in [6.45, 7) is 1.92. The Morgan fingerprint density at radius 3 is 2.50 bits per heavy atom. The lowest BCUT2D eigenvalue weighted by Crippen LogP contribution is -2.12. The molecule has 30 heavy (non-hydrogen) atoms. The quantitative estimate of drug-likeness (QED) is 0.497. The van der Waals surface area contributed by atoms with Crippen molar-refractivity contribution in [3.05, 3.63) is 76.4 Å². The number of aromatic nitrogens is 4. The number of hydrogen-bond donors (Lipinski definition) is 1. The van der Waals surface area contributed by atoms with Crippen molar-refractivity contribution in [3.63, 3.8) is 0 Å². The van der Waals surface area contributed by atoms with Gasteiger partial charge in [-0.25, -0.2) is 9.67 Å². The van der Waals surface area contributed by atoms with Crippen molar-refractivity contribution in [1.82, 2.24) is 20.0 Å². The first kappa shape index (κ1) is 19.8. The molecule has 0 radical (unpaired) electrons. The largest absolute Gasteiger partial charge is 0.418 e. The van der Waals surface area contributed by atoms with Crippen LogP contribution in [0.25, 0.3) is 16.9 Å². The summed E-state index contributed by atoms with van der Waals surface area (Å²) in [5.41, 5.74) is 1.09. The van der Waals surface area contributed by atoms with Crippen molar-refractivity contribution in [2.75, 3.05) is 5.32 Å². The summed E-state index contributed by atoms with van der Waals surface area (Å²) in [6, 6.07) is 12.0. The van der Waals surface area contributed by atoms with Gasteiger partial charge < -0.3 is 5.32 Å². The van der Waals surface area contributed by atoms with Crippen molar-refractivity contribution >= 4 is 22.9 Å². The van der Waals surface area contributed by atoms with Gasteiger partial charge in [0.05, 0.1) is 28.1 Å². The number of nitrogens with one attached hydrogen (secondary N) is 1. The molecule has 0 aliphatic rings. The maximum absolute atomic E-state index is 13.2. The molecule has 2 heterocycles. The van der Waals surface area contributed by atoms with Gasteiger partial charge >= 0.3 is 6.18 Å². The van der Waals surface area contributed by atoms with Crippen LogP contribution in [0.2, 0.25) is 0 Å². The first-order valence-corrected chi connectivity index (χ1v) is 9.62. The Hall–Kier alpha value is -3.53. The number of carbonyl (C=O) groups is 1. The number of halogens is 3. The molecule has 0 spiro atoms. The maximum atomic E-state index is 13.2. The van der Waals surface area contributed by atoms with Gasteiger partial charge in [-0.15, -0.1) is 16.4 Å². The number of amides is 1. The molecule has 1 amide bonds. The van der Waals surface area contributed by atoms with Crippen LogP contribution >= 0.6 is 11.3 Å². The molecule has 1 N–H and O–H groups in total. The van der Waals surface area contributed by atoms with Gasteiger partial charge in [-0.2, -0.15) is 13.2 Å². The molecule has 0 bridgehead atoms. The highest BCUT2D eigenvalue weighted by molar-refractivity contribution is 7.09. The molecule has 10 heteroatoms. The number of benzene rings is 2. The maximum Gasteiger partial charge on any atom is 0.418 e. The van der Waals surface area contributed by atoms with Gasteiger partial charge in [-0.3, -0.25) is 4.79 Å². The van der Waals surface area contributed by atoms with E-state index in [9.17, 15) is 18.0 Å². The Kier molecular flexibility index (Phi) is 5.08. The van der Waals surface area contributed by atoms with Gasteiger partial charge in [-0.1, -0.05) is 29.5 Å². The Bertz CT molecular complexity index is 1200. The van der Waals surface area contributed by atoms with Crippen molar-refractivity contribution in [1.29, 1.82) is 0 Å². The van der Waals surface area contributed by atoms with Crippen LogP contribution < -0.4 is 5.32 Å². The topological polar surface area (TPSA) is 72.7 Å². The molecule has 0 saturated heterocycles. The second-order valence-corrected chi connectivity index (χ2v) is 7.41. The highest BCUT2D eigenvalue weighted by Gasteiger charge is 2.34. The van der Waals surface area contributed by atoms with E-state index in [2.05, 4.69) is 20.6 Å². The molecule has 2 aromatic heterocycles. The monoisotopic (exact) mass is 429 g/mol. The third-order valence-corrected chi connectivity index (χ3v) is 5.01. The number of alkyl halides is 3. The minimum atomic E-state index is -4.55. The molecular weight excluding hydrogens is 415 g/mol. The standard InChI is InChI=1S/C20H14F3N5OS/c1-12-24-17(11-30-12)13-6-8-14(9-7-13)25-19(29)16-10-28(27-26-16)18-5-3-2-4-15(18)20(21,22)23/h2-11H,1H3,(H,25,29). The van der Waals surface area contributed by atoms with Crippen LogP contribution in [-0.2, 0) is 6.18 Å². The molecule has 0 aliphatic heterocycles. The normalized spacial score (nSPS) is 11.5. The Labute approximate surface area is 173 Å². The molecular formula is C20H14F3N5OS. The third kappa shape index (κ3) is 4.08. The van der Waals surface area contributed by atoms with Crippen LogP contribution in [0.5, 0.6) is 0 Å². The van der Waals surface area contributed by atoms with Crippen LogP contribution in [0.1, 0.15) is 21.1 Å². The van der Waals surface area contributed by atoms with Gasteiger partial charge in [0.1, 0.15) is 0 Å². The summed E-state index contributed by atoms with van der Waals surface area (Å²) >= 11 is 1.55. The molecule has 6 nitrogen and oxygen atoms in total. The third-order valence-electron chi connectivity index (χ3n) is 4.24. The zero-order valence-electron chi connectivity index (χ0n) is 15.5. The SMILES string of the molecule is Cc1nc(-c2ccc(NC(=O)c3cn(-c4ccccc4C(F)(F)F)nn3)cc2)cs1. The smallest absolute Gasteiger partial charge is 0.321 e. The lowest BCUT2D eigenvalue weighted by molar-refractivity contribution is -0.137. The summed E-state index contributed by atoms with van der Waals surface area (Å²) in [4.78, 5) is 16.8. The summed E-state index contributed by atoms with van der Waals surface area (Å²) in [5.74, 6) is -0.581. The Morgan fingerprint density at radius 1 is 1.10 bits per heavy atom. The average Bonchev–Trinajstić information content (AvgIpc) is 3.37. The minimum Gasteiger partial charge on any atom is -0.321 e. The Balaban J connectivity index is 1.51. The molecule has 0 saturated carbocycles. The summed E-state index contributed by atoms with van der Waals surface area (Å²) < 4.78 is 40.5. The highest BCUT2D eigenvalue weighted by Crippen LogP contribution is 2.33. The van der Waals surface area contributed by atoms with Crippen molar-refractivity contribution in [2.45, 2.75) is 13.1 Å². The predicted molar refractivity (Wildman–Crippen MR) is 107 cm³/mol. The van der Waals surface area contributed by atoms with E-state index >= 15 is 0 Å². The molecule has 0 aliphatic carbocycles. The number of thiazole rings is 1. The zero-order chi connectivity index (χ0) is 21.3. The van der Waals surface area contributed by atoms with Crippen LogP contribution in [0.15, 0.2) is 60.1 Å². The van der Waals surface area contributed by atoms with E-state index in [0.717, 1.165) is 33.2 Å². The van der Waals surface area contributed by atoms with E-state index in [1.54, 1.807) is 23.5 Å². The van der Waals surface area contributed by atoms with Crippen molar-refractivity contribution < 1.29 is 18.0 Å². The fraction of sp³-hybridized carbons (Fsp3) is 0.100.